The fourth-order valence-corrected chi connectivity index (χ4v) is 2.51. The summed E-state index contributed by atoms with van der Waals surface area (Å²) in [7, 11) is 0. The van der Waals surface area contributed by atoms with Crippen LogP contribution >= 0.6 is 11.3 Å². The lowest BCUT2D eigenvalue weighted by Gasteiger charge is -2.15. The molecule has 4 heteroatoms. The molecule has 17 heavy (non-hydrogen) atoms. The highest BCUT2D eigenvalue weighted by Crippen LogP contribution is 2.12. The lowest BCUT2D eigenvalue weighted by atomic mass is 10.0. The van der Waals surface area contributed by atoms with Crippen molar-refractivity contribution in [2.45, 2.75) is 18.9 Å². The first-order valence-electron chi connectivity index (χ1n) is 5.49. The standard InChI is InChI=1S/C13H15FN2S/c14-12-3-1-2-10(6-12)7-13(16-15)8-11-4-5-17-9-11/h1-6,9,13,16H,7-8,15H2. The number of nitrogens with one attached hydrogen (secondary N) is 1. The van der Waals surface area contributed by atoms with Gasteiger partial charge in [0.25, 0.3) is 0 Å². The summed E-state index contributed by atoms with van der Waals surface area (Å²) >= 11 is 1.67. The van der Waals surface area contributed by atoms with E-state index in [1.165, 1.54) is 11.6 Å². The van der Waals surface area contributed by atoms with Crippen molar-refractivity contribution in [3.8, 4) is 0 Å². The molecule has 0 saturated carbocycles. The Morgan fingerprint density at radius 2 is 2.06 bits per heavy atom. The van der Waals surface area contributed by atoms with Crippen molar-refractivity contribution >= 4 is 11.3 Å². The molecule has 0 radical (unpaired) electrons. The first kappa shape index (κ1) is 12.2. The number of hydrazine groups is 1. The van der Waals surface area contributed by atoms with Gasteiger partial charge in [0.1, 0.15) is 5.82 Å². The highest BCUT2D eigenvalue weighted by atomic mass is 32.1. The molecular formula is C13H15FN2S. The van der Waals surface area contributed by atoms with Crippen molar-refractivity contribution in [1.82, 2.24) is 5.43 Å². The van der Waals surface area contributed by atoms with Gasteiger partial charge in [0.2, 0.25) is 0 Å². The molecule has 1 aromatic carbocycles. The molecule has 2 nitrogen and oxygen atoms in total. The maximum Gasteiger partial charge on any atom is 0.123 e. The third kappa shape index (κ3) is 3.63. The van der Waals surface area contributed by atoms with Crippen LogP contribution in [0, 0.1) is 5.82 Å². The molecule has 1 aromatic heterocycles. The molecule has 0 saturated heterocycles. The first-order chi connectivity index (χ1) is 8.28. The quantitative estimate of drug-likeness (QED) is 0.632. The van der Waals surface area contributed by atoms with Gasteiger partial charge in [-0.1, -0.05) is 12.1 Å². The third-order valence-corrected chi connectivity index (χ3v) is 3.40. The number of hydrogen-bond donors (Lipinski definition) is 2. The van der Waals surface area contributed by atoms with Crippen molar-refractivity contribution < 1.29 is 4.39 Å². The minimum atomic E-state index is -0.200. The van der Waals surface area contributed by atoms with E-state index in [9.17, 15) is 4.39 Å². The zero-order valence-corrected chi connectivity index (χ0v) is 10.2. The van der Waals surface area contributed by atoms with E-state index in [4.69, 9.17) is 5.84 Å². The van der Waals surface area contributed by atoms with Crippen LogP contribution in [0.2, 0.25) is 0 Å². The van der Waals surface area contributed by atoms with Gasteiger partial charge in [-0.25, -0.2) is 4.39 Å². The van der Waals surface area contributed by atoms with Gasteiger partial charge in [-0.15, -0.1) is 0 Å². The molecular weight excluding hydrogens is 235 g/mol. The van der Waals surface area contributed by atoms with Crippen LogP contribution in [0.3, 0.4) is 0 Å². The molecule has 1 atom stereocenters. The van der Waals surface area contributed by atoms with Gasteiger partial charge in [-0.2, -0.15) is 11.3 Å². The molecule has 0 fully saturated rings. The molecule has 0 aliphatic carbocycles. The average molecular weight is 250 g/mol. The van der Waals surface area contributed by atoms with Crippen LogP contribution < -0.4 is 11.3 Å². The van der Waals surface area contributed by atoms with E-state index in [2.05, 4.69) is 16.9 Å². The number of rotatable bonds is 5. The second-order valence-electron chi connectivity index (χ2n) is 4.03. The Bertz CT molecular complexity index is 456. The molecule has 0 aliphatic rings. The van der Waals surface area contributed by atoms with E-state index in [1.54, 1.807) is 23.5 Å². The monoisotopic (exact) mass is 250 g/mol. The van der Waals surface area contributed by atoms with Crippen LogP contribution in [-0.2, 0) is 12.8 Å². The predicted octanol–water partition coefficient (Wildman–Crippen LogP) is 2.50. The lowest BCUT2D eigenvalue weighted by molar-refractivity contribution is 0.521. The summed E-state index contributed by atoms with van der Waals surface area (Å²) in [6, 6.07) is 8.86. The molecule has 0 spiro atoms. The van der Waals surface area contributed by atoms with Gasteiger partial charge in [-0.3, -0.25) is 11.3 Å². The van der Waals surface area contributed by atoms with E-state index in [-0.39, 0.29) is 11.9 Å². The first-order valence-corrected chi connectivity index (χ1v) is 6.44. The minimum Gasteiger partial charge on any atom is -0.271 e. The van der Waals surface area contributed by atoms with E-state index in [1.807, 2.05) is 11.4 Å². The molecule has 0 aliphatic heterocycles. The molecule has 1 heterocycles. The van der Waals surface area contributed by atoms with Gasteiger partial charge in [0.05, 0.1) is 0 Å². The fourth-order valence-electron chi connectivity index (χ4n) is 1.83. The summed E-state index contributed by atoms with van der Waals surface area (Å²) in [5.41, 5.74) is 5.01. The fraction of sp³-hybridized carbons (Fsp3) is 0.231. The third-order valence-electron chi connectivity index (χ3n) is 2.67. The highest BCUT2D eigenvalue weighted by Gasteiger charge is 2.09. The Morgan fingerprint density at radius 3 is 2.71 bits per heavy atom. The molecule has 1 unspecified atom stereocenters. The van der Waals surface area contributed by atoms with E-state index in [0.717, 1.165) is 18.4 Å². The Morgan fingerprint density at radius 1 is 1.24 bits per heavy atom. The van der Waals surface area contributed by atoms with E-state index in [0.29, 0.717) is 0 Å². The number of thiophene rings is 1. The van der Waals surface area contributed by atoms with E-state index < -0.39 is 0 Å². The summed E-state index contributed by atoms with van der Waals surface area (Å²) in [6.07, 6.45) is 1.58. The van der Waals surface area contributed by atoms with Gasteiger partial charge in [0.15, 0.2) is 0 Å². The second-order valence-corrected chi connectivity index (χ2v) is 4.81. The van der Waals surface area contributed by atoms with Gasteiger partial charge < -0.3 is 0 Å². The maximum absolute atomic E-state index is 13.0. The molecule has 3 N–H and O–H groups in total. The zero-order chi connectivity index (χ0) is 12.1. The van der Waals surface area contributed by atoms with Crippen LogP contribution in [-0.4, -0.2) is 6.04 Å². The maximum atomic E-state index is 13.0. The van der Waals surface area contributed by atoms with Gasteiger partial charge >= 0.3 is 0 Å². The van der Waals surface area contributed by atoms with Crippen LogP contribution in [0.1, 0.15) is 11.1 Å². The van der Waals surface area contributed by atoms with Crippen molar-refractivity contribution in [2.75, 3.05) is 0 Å². The summed E-state index contributed by atoms with van der Waals surface area (Å²) < 4.78 is 13.0. The number of benzene rings is 1. The number of hydrogen-bond acceptors (Lipinski definition) is 3. The molecule has 90 valence electrons. The second kappa shape index (κ2) is 5.91. The van der Waals surface area contributed by atoms with Gasteiger partial charge in [-0.05, 0) is 52.9 Å². The van der Waals surface area contributed by atoms with Crippen LogP contribution in [0.15, 0.2) is 41.1 Å². The summed E-state index contributed by atoms with van der Waals surface area (Å²) in [4.78, 5) is 0. The average Bonchev–Trinajstić information content (AvgIpc) is 2.81. The summed E-state index contributed by atoms with van der Waals surface area (Å²) in [6.45, 7) is 0. The van der Waals surface area contributed by atoms with Crippen molar-refractivity contribution in [1.29, 1.82) is 0 Å². The molecule has 2 aromatic rings. The summed E-state index contributed by atoms with van der Waals surface area (Å²) in [5.74, 6) is 5.33. The Labute approximate surface area is 104 Å². The largest absolute Gasteiger partial charge is 0.271 e. The van der Waals surface area contributed by atoms with Crippen LogP contribution in [0.25, 0.3) is 0 Å². The molecule has 2 rings (SSSR count). The summed E-state index contributed by atoms with van der Waals surface area (Å²) in [5, 5.41) is 4.15. The number of halogens is 1. The smallest absolute Gasteiger partial charge is 0.123 e. The molecule has 0 amide bonds. The lowest BCUT2D eigenvalue weighted by Crippen LogP contribution is -2.38. The Hall–Kier alpha value is -1.23. The predicted molar refractivity (Wildman–Crippen MR) is 69.2 cm³/mol. The van der Waals surface area contributed by atoms with Crippen molar-refractivity contribution in [3.05, 3.63) is 58.0 Å². The van der Waals surface area contributed by atoms with Crippen molar-refractivity contribution in [3.63, 3.8) is 0 Å². The Balaban J connectivity index is 2.00. The Kier molecular flexibility index (Phi) is 4.25. The normalized spacial score (nSPS) is 12.6. The van der Waals surface area contributed by atoms with Crippen molar-refractivity contribution in [2.24, 2.45) is 5.84 Å². The SMILES string of the molecule is NNC(Cc1ccsc1)Cc1cccc(F)c1. The van der Waals surface area contributed by atoms with E-state index >= 15 is 0 Å². The highest BCUT2D eigenvalue weighted by molar-refractivity contribution is 7.07. The van der Waals surface area contributed by atoms with Crippen LogP contribution in [0.5, 0.6) is 0 Å². The van der Waals surface area contributed by atoms with Crippen LogP contribution in [0.4, 0.5) is 4.39 Å². The minimum absolute atomic E-state index is 0.131. The number of nitrogens with two attached hydrogens (primary N) is 1. The topological polar surface area (TPSA) is 38.0 Å². The molecule has 0 bridgehead atoms. The zero-order valence-electron chi connectivity index (χ0n) is 9.40. The van der Waals surface area contributed by atoms with Gasteiger partial charge in [0, 0.05) is 6.04 Å².